The van der Waals surface area contributed by atoms with Crippen LogP contribution in [0.1, 0.15) is 25.3 Å². The minimum atomic E-state index is -0.246. The van der Waals surface area contributed by atoms with E-state index in [9.17, 15) is 4.79 Å². The molecule has 18 heavy (non-hydrogen) atoms. The van der Waals surface area contributed by atoms with Crippen LogP contribution in [0.15, 0.2) is 34.3 Å². The molecule has 1 amide bonds. The molecule has 0 spiro atoms. The topological polar surface area (TPSA) is 53.8 Å². The van der Waals surface area contributed by atoms with E-state index in [2.05, 4.69) is 29.1 Å². The van der Waals surface area contributed by atoms with Crippen LogP contribution in [-0.2, 0) is 4.79 Å². The zero-order chi connectivity index (χ0) is 13.5. The number of hydrogen-bond donors (Lipinski definition) is 1. The summed E-state index contributed by atoms with van der Waals surface area (Å²) in [5.41, 5.74) is 2.27. The summed E-state index contributed by atoms with van der Waals surface area (Å²) in [5, 5.41) is 2.81. The summed E-state index contributed by atoms with van der Waals surface area (Å²) in [4.78, 5) is 19.6. The van der Waals surface area contributed by atoms with Crippen molar-refractivity contribution >= 4 is 23.5 Å². The summed E-state index contributed by atoms with van der Waals surface area (Å²) in [6, 6.07) is 7.81. The Balaban J connectivity index is 2.85. The van der Waals surface area contributed by atoms with Crippen molar-refractivity contribution in [2.75, 3.05) is 19.4 Å². The Morgan fingerprint density at radius 2 is 2.06 bits per heavy atom. The molecule has 0 saturated carbocycles. The van der Waals surface area contributed by atoms with Crippen molar-refractivity contribution in [3.05, 3.63) is 29.8 Å². The lowest BCUT2D eigenvalue weighted by Gasteiger charge is -2.09. The van der Waals surface area contributed by atoms with Gasteiger partial charge in [-0.2, -0.15) is 0 Å². The first kappa shape index (κ1) is 14.1. The first-order valence-electron chi connectivity index (χ1n) is 5.88. The van der Waals surface area contributed by atoms with Gasteiger partial charge in [-0.3, -0.25) is 14.8 Å². The van der Waals surface area contributed by atoms with Crippen molar-refractivity contribution in [1.29, 1.82) is 0 Å². The zero-order valence-electron chi connectivity index (χ0n) is 11.3. The van der Waals surface area contributed by atoms with Crippen molar-refractivity contribution < 1.29 is 4.79 Å². The normalized spacial score (nSPS) is 12.2. The van der Waals surface area contributed by atoms with E-state index in [4.69, 9.17) is 0 Å². The van der Waals surface area contributed by atoms with E-state index >= 15 is 0 Å². The van der Waals surface area contributed by atoms with Crippen molar-refractivity contribution in [1.82, 2.24) is 0 Å². The van der Waals surface area contributed by atoms with E-state index < -0.39 is 0 Å². The maximum absolute atomic E-state index is 11.9. The van der Waals surface area contributed by atoms with Crippen LogP contribution in [0.2, 0.25) is 0 Å². The Morgan fingerprint density at radius 1 is 1.33 bits per heavy atom. The second-order valence-electron chi connectivity index (χ2n) is 4.23. The van der Waals surface area contributed by atoms with E-state index in [0.717, 1.165) is 5.69 Å². The Hall–Kier alpha value is -1.97. The number of benzene rings is 1. The maximum atomic E-state index is 11.9. The zero-order valence-corrected chi connectivity index (χ0v) is 11.3. The Bertz CT molecular complexity index is 476. The minimum Gasteiger partial charge on any atom is -0.321 e. The molecule has 0 radical (unpaired) electrons. The SMILES string of the molecule is CN=CC(=NC)C(=O)Nc1cccc(C(C)C)c1. The molecule has 96 valence electrons. The highest BCUT2D eigenvalue weighted by Gasteiger charge is 2.09. The van der Waals surface area contributed by atoms with Gasteiger partial charge in [0.2, 0.25) is 0 Å². The number of amides is 1. The number of anilines is 1. The summed E-state index contributed by atoms with van der Waals surface area (Å²) < 4.78 is 0. The van der Waals surface area contributed by atoms with Crippen LogP contribution in [0.4, 0.5) is 5.69 Å². The molecule has 4 heteroatoms. The summed E-state index contributed by atoms with van der Waals surface area (Å²) in [6.07, 6.45) is 1.45. The van der Waals surface area contributed by atoms with Gasteiger partial charge in [0, 0.05) is 19.8 Å². The first-order chi connectivity index (χ1) is 8.58. The number of carbonyl (C=O) groups excluding carboxylic acids is 1. The molecule has 0 aliphatic rings. The van der Waals surface area contributed by atoms with Gasteiger partial charge in [-0.25, -0.2) is 0 Å². The molecule has 1 N–H and O–H groups in total. The van der Waals surface area contributed by atoms with Gasteiger partial charge in [0.1, 0.15) is 5.71 Å². The van der Waals surface area contributed by atoms with E-state index in [0.29, 0.717) is 11.6 Å². The molecule has 0 aliphatic heterocycles. The molecule has 0 saturated heterocycles. The highest BCUT2D eigenvalue weighted by molar-refractivity contribution is 6.63. The third-order valence-corrected chi connectivity index (χ3v) is 2.54. The van der Waals surface area contributed by atoms with Gasteiger partial charge < -0.3 is 5.32 Å². The standard InChI is InChI=1S/C14H19N3O/c1-10(2)11-6-5-7-12(8-11)17-14(18)13(16-4)9-15-3/h5-10H,1-4H3,(H,17,18). The fourth-order valence-corrected chi connectivity index (χ4v) is 1.51. The van der Waals surface area contributed by atoms with Gasteiger partial charge >= 0.3 is 0 Å². The third-order valence-electron chi connectivity index (χ3n) is 2.54. The van der Waals surface area contributed by atoms with Gasteiger partial charge in [-0.15, -0.1) is 0 Å². The number of nitrogens with zero attached hydrogens (tertiary/aromatic N) is 2. The summed E-state index contributed by atoms with van der Waals surface area (Å²) in [6.45, 7) is 4.23. The molecule has 1 aromatic rings. The lowest BCUT2D eigenvalue weighted by molar-refractivity contribution is -0.110. The molecular weight excluding hydrogens is 226 g/mol. The Labute approximate surface area is 108 Å². The van der Waals surface area contributed by atoms with Crippen molar-refractivity contribution in [3.63, 3.8) is 0 Å². The lowest BCUT2D eigenvalue weighted by atomic mass is 10.0. The molecule has 0 atom stereocenters. The van der Waals surface area contributed by atoms with Gasteiger partial charge in [0.15, 0.2) is 0 Å². The minimum absolute atomic E-state index is 0.246. The molecule has 1 aromatic carbocycles. The van der Waals surface area contributed by atoms with E-state index in [1.807, 2.05) is 24.3 Å². The smallest absolute Gasteiger partial charge is 0.275 e. The first-order valence-corrected chi connectivity index (χ1v) is 5.88. The monoisotopic (exact) mass is 245 g/mol. The predicted octanol–water partition coefficient (Wildman–Crippen LogP) is 2.52. The van der Waals surface area contributed by atoms with Gasteiger partial charge in [-0.1, -0.05) is 26.0 Å². The fraction of sp³-hybridized carbons (Fsp3) is 0.357. The summed E-state index contributed by atoms with van der Waals surface area (Å²) >= 11 is 0. The van der Waals surface area contributed by atoms with Crippen LogP contribution in [0.25, 0.3) is 0 Å². The maximum Gasteiger partial charge on any atom is 0.275 e. The van der Waals surface area contributed by atoms with Gasteiger partial charge in [0.05, 0.1) is 6.21 Å². The van der Waals surface area contributed by atoms with Crippen LogP contribution in [0.5, 0.6) is 0 Å². The van der Waals surface area contributed by atoms with Crippen LogP contribution in [0, 0.1) is 0 Å². The third kappa shape index (κ3) is 3.80. The van der Waals surface area contributed by atoms with Crippen LogP contribution >= 0.6 is 0 Å². The van der Waals surface area contributed by atoms with Crippen LogP contribution < -0.4 is 5.32 Å². The lowest BCUT2D eigenvalue weighted by Crippen LogP contribution is -2.24. The molecule has 1 rings (SSSR count). The van der Waals surface area contributed by atoms with Crippen molar-refractivity contribution in [3.8, 4) is 0 Å². The molecular formula is C14H19N3O. The van der Waals surface area contributed by atoms with E-state index in [1.165, 1.54) is 11.8 Å². The summed E-state index contributed by atoms with van der Waals surface area (Å²) in [7, 11) is 3.18. The quantitative estimate of drug-likeness (QED) is 0.814. The number of rotatable bonds is 4. The fourth-order valence-electron chi connectivity index (χ4n) is 1.51. The molecule has 0 fully saturated rings. The second kappa shape index (κ2) is 6.69. The van der Waals surface area contributed by atoms with E-state index in [-0.39, 0.29) is 5.91 Å². The average molecular weight is 245 g/mol. The van der Waals surface area contributed by atoms with Crippen LogP contribution in [0.3, 0.4) is 0 Å². The number of carbonyl (C=O) groups is 1. The number of nitrogens with one attached hydrogen (secondary N) is 1. The molecule has 0 unspecified atom stereocenters. The largest absolute Gasteiger partial charge is 0.321 e. The second-order valence-corrected chi connectivity index (χ2v) is 4.23. The molecule has 0 aromatic heterocycles. The molecule has 0 heterocycles. The molecule has 0 bridgehead atoms. The van der Waals surface area contributed by atoms with Gasteiger partial charge in [0.25, 0.3) is 5.91 Å². The number of hydrogen-bond acceptors (Lipinski definition) is 3. The Morgan fingerprint density at radius 3 is 2.61 bits per heavy atom. The highest BCUT2D eigenvalue weighted by Crippen LogP contribution is 2.18. The average Bonchev–Trinajstić information content (AvgIpc) is 2.36. The van der Waals surface area contributed by atoms with Crippen molar-refractivity contribution in [2.24, 2.45) is 9.98 Å². The summed E-state index contributed by atoms with van der Waals surface area (Å²) in [5.74, 6) is 0.183. The number of aliphatic imine (C=N–C) groups is 2. The molecule has 0 aliphatic carbocycles. The van der Waals surface area contributed by atoms with Crippen LogP contribution in [-0.4, -0.2) is 31.9 Å². The van der Waals surface area contributed by atoms with Gasteiger partial charge in [-0.05, 0) is 23.6 Å². The Kier molecular flexibility index (Phi) is 5.24. The predicted molar refractivity (Wildman–Crippen MR) is 76.9 cm³/mol. The highest BCUT2D eigenvalue weighted by atomic mass is 16.1. The molecule has 4 nitrogen and oxygen atoms in total. The van der Waals surface area contributed by atoms with E-state index in [1.54, 1.807) is 14.1 Å². The van der Waals surface area contributed by atoms with Crippen molar-refractivity contribution in [2.45, 2.75) is 19.8 Å².